The van der Waals surface area contributed by atoms with Crippen molar-refractivity contribution in [3.63, 3.8) is 0 Å². The number of aromatic nitrogens is 4. The summed E-state index contributed by atoms with van der Waals surface area (Å²) in [6.45, 7) is 12.6. The molecule has 10 nitrogen and oxygen atoms in total. The molecular formula is C36H43BrN6O4. The molecule has 6 rings (SSSR count). The summed E-state index contributed by atoms with van der Waals surface area (Å²) in [7, 11) is 0. The van der Waals surface area contributed by atoms with Crippen LogP contribution < -0.4 is 0 Å². The van der Waals surface area contributed by atoms with Gasteiger partial charge in [0.05, 0.1) is 24.0 Å². The number of aromatic amines is 2. The van der Waals surface area contributed by atoms with Gasteiger partial charge in [0.2, 0.25) is 0 Å². The van der Waals surface area contributed by atoms with Crippen molar-refractivity contribution in [1.82, 2.24) is 29.7 Å². The van der Waals surface area contributed by atoms with Crippen LogP contribution in [0, 0.1) is 0 Å². The molecule has 0 spiro atoms. The molecule has 0 aliphatic carbocycles. The molecule has 2 fully saturated rings. The van der Waals surface area contributed by atoms with E-state index in [1.54, 1.807) is 9.80 Å². The van der Waals surface area contributed by atoms with Crippen molar-refractivity contribution in [1.29, 1.82) is 0 Å². The second-order valence-electron chi connectivity index (χ2n) is 14.3. The van der Waals surface area contributed by atoms with E-state index in [9.17, 15) is 9.59 Å². The van der Waals surface area contributed by atoms with E-state index in [2.05, 4.69) is 79.4 Å². The number of carbonyl (C=O) groups excluding carboxylic acids is 2. The number of nitrogens with zero attached hydrogens (tertiary/aromatic N) is 4. The number of rotatable bonds is 5. The first kappa shape index (κ1) is 32.8. The van der Waals surface area contributed by atoms with E-state index in [4.69, 9.17) is 14.5 Å². The van der Waals surface area contributed by atoms with Gasteiger partial charge in [0.1, 0.15) is 33.1 Å². The zero-order valence-electron chi connectivity index (χ0n) is 27.9. The highest BCUT2D eigenvalue weighted by atomic mass is 79.9. The molecule has 2 aromatic heterocycles. The second-order valence-corrected chi connectivity index (χ2v) is 15.1. The summed E-state index contributed by atoms with van der Waals surface area (Å²) >= 11 is 3.66. The third-order valence-electron chi connectivity index (χ3n) is 8.35. The zero-order valence-corrected chi connectivity index (χ0v) is 29.5. The van der Waals surface area contributed by atoms with Gasteiger partial charge in [-0.05, 0) is 99.8 Å². The third-order valence-corrected chi connectivity index (χ3v) is 8.93. The van der Waals surface area contributed by atoms with E-state index in [0.29, 0.717) is 13.1 Å². The van der Waals surface area contributed by atoms with Crippen LogP contribution in [0.15, 0.2) is 59.3 Å². The Hall–Kier alpha value is -4.12. The number of carbonyl (C=O) groups is 2. The maximum absolute atomic E-state index is 12.8. The number of H-pyrrole nitrogens is 2. The van der Waals surface area contributed by atoms with Crippen LogP contribution in [0.2, 0.25) is 0 Å². The summed E-state index contributed by atoms with van der Waals surface area (Å²) in [5, 5.41) is 0. The number of benzene rings is 2. The molecule has 0 saturated carbocycles. The number of likely N-dealkylation sites (tertiary alicyclic amines) is 2. The molecule has 11 heteroatoms. The van der Waals surface area contributed by atoms with Crippen molar-refractivity contribution >= 4 is 28.1 Å². The average molecular weight is 704 g/mol. The van der Waals surface area contributed by atoms with Crippen molar-refractivity contribution in [3.8, 4) is 33.6 Å². The van der Waals surface area contributed by atoms with E-state index < -0.39 is 11.2 Å². The van der Waals surface area contributed by atoms with Crippen LogP contribution in [0.3, 0.4) is 0 Å². The van der Waals surface area contributed by atoms with Crippen molar-refractivity contribution in [2.75, 3.05) is 13.1 Å². The van der Waals surface area contributed by atoms with E-state index in [-0.39, 0.29) is 24.3 Å². The maximum Gasteiger partial charge on any atom is 0.410 e. The summed E-state index contributed by atoms with van der Waals surface area (Å²) in [5.74, 6) is 1.53. The van der Waals surface area contributed by atoms with Crippen molar-refractivity contribution in [2.24, 2.45) is 0 Å². The Morgan fingerprint density at radius 2 is 1.19 bits per heavy atom. The minimum Gasteiger partial charge on any atom is -0.444 e. The molecule has 0 bridgehead atoms. The molecule has 2 aliphatic rings. The Balaban J connectivity index is 1.13. The Morgan fingerprint density at radius 3 is 1.70 bits per heavy atom. The zero-order chi connectivity index (χ0) is 33.5. The second kappa shape index (κ2) is 12.8. The summed E-state index contributed by atoms with van der Waals surface area (Å²) in [4.78, 5) is 45.5. The topological polar surface area (TPSA) is 116 Å². The number of nitrogens with one attached hydrogen (secondary N) is 2. The third kappa shape index (κ3) is 7.40. The smallest absolute Gasteiger partial charge is 0.410 e. The molecule has 2 aromatic carbocycles. The first-order valence-corrected chi connectivity index (χ1v) is 17.1. The van der Waals surface area contributed by atoms with E-state index >= 15 is 0 Å². The number of hydrogen-bond donors (Lipinski definition) is 2. The van der Waals surface area contributed by atoms with E-state index in [1.165, 1.54) is 0 Å². The van der Waals surface area contributed by atoms with Crippen LogP contribution in [0.5, 0.6) is 0 Å². The van der Waals surface area contributed by atoms with Crippen molar-refractivity contribution in [3.05, 3.63) is 71.0 Å². The molecule has 0 radical (unpaired) electrons. The van der Waals surface area contributed by atoms with E-state index in [1.807, 2.05) is 47.7 Å². The molecule has 4 aromatic rings. The summed E-state index contributed by atoms with van der Waals surface area (Å²) in [5.41, 5.74) is 4.79. The van der Waals surface area contributed by atoms with Crippen molar-refractivity contribution in [2.45, 2.75) is 90.5 Å². The van der Waals surface area contributed by atoms with Crippen LogP contribution in [0.1, 0.15) is 91.0 Å². The standard InChI is InChI=1S/C36H43BrN6O4/c1-35(2,3)46-33(44)42-19-7-9-27(42)31-38-21-26(39-31)24-15-11-22(12-16-24)23-13-17-25(18-14-23)29-30(37)41-32(40-29)28-10-8-20-43(28)34(45)47-36(4,5)6/h11-18,21,27-28H,7-10,19-20H2,1-6H3,(H,38,39)(H,40,41)/t27-,28+/m1/s1. The molecule has 2 N–H and O–H groups in total. The Morgan fingerprint density at radius 1 is 0.723 bits per heavy atom. The highest BCUT2D eigenvalue weighted by molar-refractivity contribution is 9.10. The molecule has 248 valence electrons. The van der Waals surface area contributed by atoms with Gasteiger partial charge in [0.15, 0.2) is 0 Å². The largest absolute Gasteiger partial charge is 0.444 e. The number of amides is 2. The molecule has 2 atom stereocenters. The first-order valence-electron chi connectivity index (χ1n) is 16.3. The van der Waals surface area contributed by atoms with Gasteiger partial charge >= 0.3 is 12.2 Å². The quantitative estimate of drug-likeness (QED) is 0.214. The summed E-state index contributed by atoms with van der Waals surface area (Å²) in [6, 6.07) is 16.4. The lowest BCUT2D eigenvalue weighted by atomic mass is 10.0. The van der Waals surface area contributed by atoms with Crippen LogP contribution in [0.4, 0.5) is 9.59 Å². The monoisotopic (exact) mass is 702 g/mol. The first-order chi connectivity index (χ1) is 22.3. The van der Waals surface area contributed by atoms with E-state index in [0.717, 1.165) is 75.6 Å². The SMILES string of the molecule is CC(C)(C)OC(=O)N1CCC[C@@H]1c1ncc(-c2ccc(-c3ccc(-c4nc([C@@H]5CCCN5C(=O)OC(C)(C)C)[nH]c4Br)cc3)cc2)[nH]1. The number of imidazole rings is 2. The molecule has 2 amide bonds. The number of hydrogen-bond acceptors (Lipinski definition) is 6. The molecule has 2 aliphatic heterocycles. The van der Waals surface area contributed by atoms with Gasteiger partial charge in [0, 0.05) is 18.7 Å². The minimum atomic E-state index is -0.550. The van der Waals surface area contributed by atoms with Crippen molar-refractivity contribution < 1.29 is 19.1 Å². The molecule has 2 saturated heterocycles. The van der Waals surface area contributed by atoms with Gasteiger partial charge in [0.25, 0.3) is 0 Å². The fourth-order valence-electron chi connectivity index (χ4n) is 6.21. The Labute approximate surface area is 284 Å². The Kier molecular flexibility index (Phi) is 8.95. The fraction of sp³-hybridized carbons (Fsp3) is 0.444. The highest BCUT2D eigenvalue weighted by Crippen LogP contribution is 2.37. The van der Waals surface area contributed by atoms with Gasteiger partial charge in [-0.3, -0.25) is 9.80 Å². The van der Waals surface area contributed by atoms with Gasteiger partial charge in [-0.25, -0.2) is 19.6 Å². The predicted molar refractivity (Wildman–Crippen MR) is 185 cm³/mol. The van der Waals surface area contributed by atoms with Crippen LogP contribution in [0.25, 0.3) is 33.6 Å². The number of halogens is 1. The maximum atomic E-state index is 12.8. The molecule has 47 heavy (non-hydrogen) atoms. The highest BCUT2D eigenvalue weighted by Gasteiger charge is 2.36. The summed E-state index contributed by atoms with van der Waals surface area (Å²) < 4.78 is 12.1. The lowest BCUT2D eigenvalue weighted by molar-refractivity contribution is 0.0208. The molecular weight excluding hydrogens is 660 g/mol. The van der Waals surface area contributed by atoms with Gasteiger partial charge in [-0.1, -0.05) is 48.5 Å². The van der Waals surface area contributed by atoms with Gasteiger partial charge < -0.3 is 19.4 Å². The average Bonchev–Trinajstić information content (AvgIpc) is 3.81. The van der Waals surface area contributed by atoms with Gasteiger partial charge in [-0.2, -0.15) is 0 Å². The Bertz CT molecular complexity index is 1730. The normalized spacial score (nSPS) is 18.5. The lowest BCUT2D eigenvalue weighted by Crippen LogP contribution is -2.36. The summed E-state index contributed by atoms with van der Waals surface area (Å²) in [6.07, 6.45) is 4.72. The predicted octanol–water partition coefficient (Wildman–Crippen LogP) is 9.04. The van der Waals surface area contributed by atoms with Crippen LogP contribution in [-0.4, -0.2) is 66.2 Å². The minimum absolute atomic E-state index is 0.121. The molecule has 4 heterocycles. The van der Waals surface area contributed by atoms with Crippen LogP contribution >= 0.6 is 15.9 Å². The lowest BCUT2D eigenvalue weighted by Gasteiger charge is -2.27. The fourth-order valence-corrected chi connectivity index (χ4v) is 6.73. The van der Waals surface area contributed by atoms with Crippen LogP contribution in [-0.2, 0) is 9.47 Å². The molecule has 0 unspecified atom stereocenters. The number of ether oxygens (including phenoxy) is 2. The van der Waals surface area contributed by atoms with Gasteiger partial charge in [-0.15, -0.1) is 0 Å².